The third kappa shape index (κ3) is 3.20. The lowest BCUT2D eigenvalue weighted by Crippen LogP contribution is -2.30. The molecule has 1 N–H and O–H groups in total. The van der Waals surface area contributed by atoms with Crippen LogP contribution in [0, 0.1) is 6.92 Å². The molecule has 0 spiro atoms. The number of aryl methyl sites for hydroxylation is 1. The Hall–Kier alpha value is -1.69. The van der Waals surface area contributed by atoms with Crippen LogP contribution >= 0.6 is 0 Å². The van der Waals surface area contributed by atoms with Crippen LogP contribution < -0.4 is 5.32 Å². The lowest BCUT2D eigenvalue weighted by molar-refractivity contribution is 0.369. The Morgan fingerprint density at radius 1 is 1.53 bits per heavy atom. The van der Waals surface area contributed by atoms with Crippen molar-refractivity contribution in [3.63, 3.8) is 0 Å². The van der Waals surface area contributed by atoms with Crippen LogP contribution in [0.4, 0.5) is 0 Å². The first-order valence-corrected chi connectivity index (χ1v) is 6.75. The molecular formula is C13H19N5O. The quantitative estimate of drug-likeness (QED) is 0.856. The van der Waals surface area contributed by atoms with Crippen molar-refractivity contribution in [1.29, 1.82) is 0 Å². The molecule has 102 valence electrons. The van der Waals surface area contributed by atoms with Gasteiger partial charge in [0.15, 0.2) is 5.82 Å². The number of hydrogen-bond donors (Lipinski definition) is 1. The highest BCUT2D eigenvalue weighted by Crippen LogP contribution is 2.38. The van der Waals surface area contributed by atoms with Gasteiger partial charge in [0.05, 0.1) is 19.3 Å². The Bertz CT molecular complexity index is 543. The minimum atomic E-state index is 0.308. The van der Waals surface area contributed by atoms with Gasteiger partial charge in [-0.1, -0.05) is 5.16 Å². The molecule has 0 bridgehead atoms. The van der Waals surface area contributed by atoms with Crippen LogP contribution in [0.25, 0.3) is 0 Å². The van der Waals surface area contributed by atoms with Gasteiger partial charge in [-0.25, -0.2) is 0 Å². The first-order valence-electron chi connectivity index (χ1n) is 6.75. The maximum absolute atomic E-state index is 5.22. The fourth-order valence-corrected chi connectivity index (χ4v) is 2.01. The van der Waals surface area contributed by atoms with Crippen molar-refractivity contribution in [2.45, 2.75) is 51.7 Å². The highest BCUT2D eigenvalue weighted by atomic mass is 16.5. The second-order valence-electron chi connectivity index (χ2n) is 5.34. The largest absolute Gasteiger partial charge is 0.339 e. The molecule has 6 heteroatoms. The van der Waals surface area contributed by atoms with E-state index < -0.39 is 0 Å². The standard InChI is InChI=1S/C13H19N5O/c1-9-5-15-18(7-9)8-10(2)14-6-12-16-13(19-17-12)11-3-4-11/h5,7,10-11,14H,3-4,6,8H2,1-2H3/t10-/m0/s1. The molecule has 2 heterocycles. The molecule has 0 unspecified atom stereocenters. The number of rotatable bonds is 6. The Labute approximate surface area is 112 Å². The van der Waals surface area contributed by atoms with Crippen molar-refractivity contribution in [1.82, 2.24) is 25.2 Å². The van der Waals surface area contributed by atoms with Gasteiger partial charge in [-0.05, 0) is 32.3 Å². The van der Waals surface area contributed by atoms with Gasteiger partial charge in [-0.3, -0.25) is 4.68 Å². The topological polar surface area (TPSA) is 68.8 Å². The summed E-state index contributed by atoms with van der Waals surface area (Å²) in [5, 5.41) is 11.6. The fourth-order valence-electron chi connectivity index (χ4n) is 2.01. The second kappa shape index (κ2) is 5.13. The van der Waals surface area contributed by atoms with Gasteiger partial charge in [0, 0.05) is 18.2 Å². The zero-order valence-electron chi connectivity index (χ0n) is 11.3. The van der Waals surface area contributed by atoms with Crippen LogP contribution in [0.5, 0.6) is 0 Å². The molecule has 0 amide bonds. The Morgan fingerprint density at radius 3 is 3.05 bits per heavy atom. The van der Waals surface area contributed by atoms with Gasteiger partial charge in [0.2, 0.25) is 5.89 Å². The summed E-state index contributed by atoms with van der Waals surface area (Å²) < 4.78 is 7.17. The molecule has 1 aliphatic carbocycles. The van der Waals surface area contributed by atoms with E-state index in [0.29, 0.717) is 18.5 Å². The van der Waals surface area contributed by atoms with Crippen LogP contribution in [0.2, 0.25) is 0 Å². The summed E-state index contributed by atoms with van der Waals surface area (Å²) in [7, 11) is 0. The predicted octanol–water partition coefficient (Wildman–Crippen LogP) is 1.63. The van der Waals surface area contributed by atoms with E-state index in [1.807, 2.05) is 24.0 Å². The number of hydrogen-bond acceptors (Lipinski definition) is 5. The van der Waals surface area contributed by atoms with Gasteiger partial charge < -0.3 is 9.84 Å². The Kier molecular flexibility index (Phi) is 3.33. The van der Waals surface area contributed by atoms with Gasteiger partial charge in [0.25, 0.3) is 0 Å². The molecule has 19 heavy (non-hydrogen) atoms. The Morgan fingerprint density at radius 2 is 2.37 bits per heavy atom. The summed E-state index contributed by atoms with van der Waals surface area (Å²) in [5.41, 5.74) is 1.18. The summed E-state index contributed by atoms with van der Waals surface area (Å²) in [6.07, 6.45) is 6.28. The van der Waals surface area contributed by atoms with E-state index in [4.69, 9.17) is 4.52 Å². The van der Waals surface area contributed by atoms with E-state index in [0.717, 1.165) is 18.3 Å². The van der Waals surface area contributed by atoms with Crippen molar-refractivity contribution in [2.75, 3.05) is 0 Å². The summed E-state index contributed by atoms with van der Waals surface area (Å²) in [5.74, 6) is 2.06. The molecule has 1 fully saturated rings. The number of aromatic nitrogens is 4. The van der Waals surface area contributed by atoms with E-state index in [2.05, 4.69) is 27.5 Å². The maximum atomic E-state index is 5.22. The van der Waals surface area contributed by atoms with Crippen molar-refractivity contribution >= 4 is 0 Å². The molecular weight excluding hydrogens is 242 g/mol. The van der Waals surface area contributed by atoms with Crippen LogP contribution in [0.1, 0.15) is 43.0 Å². The maximum Gasteiger partial charge on any atom is 0.229 e. The second-order valence-corrected chi connectivity index (χ2v) is 5.34. The average Bonchev–Trinajstić information content (AvgIpc) is 2.99. The Balaban J connectivity index is 1.47. The van der Waals surface area contributed by atoms with E-state index in [9.17, 15) is 0 Å². The van der Waals surface area contributed by atoms with E-state index in [1.54, 1.807) is 0 Å². The zero-order valence-corrected chi connectivity index (χ0v) is 11.3. The lowest BCUT2D eigenvalue weighted by Gasteiger charge is -2.12. The minimum absolute atomic E-state index is 0.308. The van der Waals surface area contributed by atoms with Gasteiger partial charge in [-0.2, -0.15) is 10.1 Å². The van der Waals surface area contributed by atoms with Crippen molar-refractivity contribution < 1.29 is 4.52 Å². The third-order valence-corrected chi connectivity index (χ3v) is 3.24. The summed E-state index contributed by atoms with van der Waals surface area (Å²) in [4.78, 5) is 4.39. The van der Waals surface area contributed by atoms with Crippen molar-refractivity contribution in [3.05, 3.63) is 29.7 Å². The highest BCUT2D eigenvalue weighted by Gasteiger charge is 2.29. The smallest absolute Gasteiger partial charge is 0.229 e. The lowest BCUT2D eigenvalue weighted by atomic mass is 10.3. The van der Waals surface area contributed by atoms with E-state index >= 15 is 0 Å². The van der Waals surface area contributed by atoms with E-state index in [1.165, 1.54) is 18.4 Å². The fraction of sp³-hybridized carbons (Fsp3) is 0.615. The minimum Gasteiger partial charge on any atom is -0.339 e. The van der Waals surface area contributed by atoms with Crippen LogP contribution in [-0.4, -0.2) is 26.0 Å². The van der Waals surface area contributed by atoms with Crippen LogP contribution in [0.3, 0.4) is 0 Å². The van der Waals surface area contributed by atoms with Gasteiger partial charge in [-0.15, -0.1) is 0 Å². The SMILES string of the molecule is Cc1cnn(C[C@H](C)NCc2noc(C3CC3)n2)c1. The average molecular weight is 261 g/mol. The molecule has 0 aliphatic heterocycles. The van der Waals surface area contributed by atoms with Crippen LogP contribution in [0.15, 0.2) is 16.9 Å². The molecule has 0 radical (unpaired) electrons. The van der Waals surface area contributed by atoms with E-state index in [-0.39, 0.29) is 0 Å². The summed E-state index contributed by atoms with van der Waals surface area (Å²) in [6, 6.07) is 0.308. The van der Waals surface area contributed by atoms with Crippen molar-refractivity contribution in [2.24, 2.45) is 0 Å². The monoisotopic (exact) mass is 261 g/mol. The molecule has 2 aromatic rings. The molecule has 3 rings (SSSR count). The highest BCUT2D eigenvalue weighted by molar-refractivity contribution is 5.02. The van der Waals surface area contributed by atoms with Gasteiger partial charge >= 0.3 is 0 Å². The third-order valence-electron chi connectivity index (χ3n) is 3.24. The molecule has 2 aromatic heterocycles. The van der Waals surface area contributed by atoms with Gasteiger partial charge in [0.1, 0.15) is 0 Å². The summed E-state index contributed by atoms with van der Waals surface area (Å²) in [6.45, 7) is 5.64. The predicted molar refractivity (Wildman–Crippen MR) is 69.5 cm³/mol. The molecule has 1 saturated carbocycles. The molecule has 6 nitrogen and oxygen atoms in total. The number of nitrogens with zero attached hydrogens (tertiary/aromatic N) is 4. The first-order chi connectivity index (χ1) is 9.20. The molecule has 0 saturated heterocycles. The summed E-state index contributed by atoms with van der Waals surface area (Å²) >= 11 is 0. The molecule has 1 atom stereocenters. The first kappa shape index (κ1) is 12.3. The van der Waals surface area contributed by atoms with Crippen molar-refractivity contribution in [3.8, 4) is 0 Å². The number of nitrogens with one attached hydrogen (secondary N) is 1. The molecule has 1 aliphatic rings. The zero-order chi connectivity index (χ0) is 13.2. The normalized spacial score (nSPS) is 16.7. The molecule has 0 aromatic carbocycles. The van der Waals surface area contributed by atoms with Crippen LogP contribution in [-0.2, 0) is 13.1 Å².